The number of fused-ring (bicyclic) bond motifs is 1. The van der Waals surface area contributed by atoms with Crippen LogP contribution in [0.4, 0.5) is 0 Å². The van der Waals surface area contributed by atoms with Crippen LogP contribution in [0.15, 0.2) is 41.7 Å². The minimum Gasteiger partial charge on any atom is -0.497 e. The van der Waals surface area contributed by atoms with Crippen LogP contribution in [0, 0.1) is 13.8 Å². The molecule has 0 fully saturated rings. The van der Waals surface area contributed by atoms with Gasteiger partial charge in [0, 0.05) is 23.3 Å². The van der Waals surface area contributed by atoms with Gasteiger partial charge >= 0.3 is 0 Å². The Hall–Kier alpha value is -2.94. The molecule has 9 heteroatoms. The van der Waals surface area contributed by atoms with Crippen molar-refractivity contribution in [2.45, 2.75) is 24.8 Å². The molecule has 0 aliphatic carbocycles. The lowest BCUT2D eigenvalue weighted by atomic mass is 10.3. The lowest BCUT2D eigenvalue weighted by molar-refractivity contribution is 0.414. The summed E-state index contributed by atoms with van der Waals surface area (Å²) < 4.78 is 8.88. The van der Waals surface area contributed by atoms with Crippen molar-refractivity contribution in [3.63, 3.8) is 0 Å². The smallest absolute Gasteiger partial charge is 0.234 e. The molecular formula is C17H17N7OS. The summed E-state index contributed by atoms with van der Waals surface area (Å²) >= 11 is 1.53. The molecule has 0 N–H and O–H groups in total. The molecule has 0 atom stereocenters. The highest BCUT2D eigenvalue weighted by Crippen LogP contribution is 2.23. The summed E-state index contributed by atoms with van der Waals surface area (Å²) in [5, 5.41) is 12.7. The van der Waals surface area contributed by atoms with Crippen LogP contribution < -0.4 is 4.74 Å². The summed E-state index contributed by atoms with van der Waals surface area (Å²) in [6.07, 6.45) is 2.01. The number of hydrogen-bond donors (Lipinski definition) is 0. The van der Waals surface area contributed by atoms with Crippen molar-refractivity contribution < 1.29 is 4.74 Å². The van der Waals surface area contributed by atoms with Crippen LogP contribution in [0.1, 0.15) is 17.1 Å². The van der Waals surface area contributed by atoms with Crippen LogP contribution in [-0.2, 0) is 5.75 Å². The lowest BCUT2D eigenvalue weighted by Gasteiger charge is -2.04. The minimum absolute atomic E-state index is 0.651. The molecule has 0 aliphatic rings. The van der Waals surface area contributed by atoms with Crippen LogP contribution in [0.25, 0.3) is 11.5 Å². The van der Waals surface area contributed by atoms with Gasteiger partial charge in [-0.1, -0.05) is 11.8 Å². The van der Waals surface area contributed by atoms with E-state index in [1.165, 1.54) is 11.8 Å². The molecule has 0 saturated heterocycles. The molecule has 0 bridgehead atoms. The third kappa shape index (κ3) is 3.13. The monoisotopic (exact) mass is 367 g/mol. The highest BCUT2D eigenvalue weighted by molar-refractivity contribution is 7.98. The summed E-state index contributed by atoms with van der Waals surface area (Å²) in [4.78, 5) is 9.06. The molecule has 0 aliphatic heterocycles. The molecule has 0 radical (unpaired) electrons. The van der Waals surface area contributed by atoms with Crippen molar-refractivity contribution in [1.82, 2.24) is 34.6 Å². The van der Waals surface area contributed by atoms with Crippen molar-refractivity contribution in [2.75, 3.05) is 7.11 Å². The number of aromatic nitrogens is 7. The van der Waals surface area contributed by atoms with Crippen molar-refractivity contribution >= 4 is 17.5 Å². The summed E-state index contributed by atoms with van der Waals surface area (Å²) in [6, 6.07) is 9.63. The first-order chi connectivity index (χ1) is 12.6. The number of thioether (sulfide) groups is 1. The maximum Gasteiger partial charge on any atom is 0.234 e. The largest absolute Gasteiger partial charge is 0.497 e. The third-order valence-electron chi connectivity index (χ3n) is 3.92. The SMILES string of the molecule is COc1ccc(-n2nnnc2SCc2cn3c(C)cc(C)nc3n2)cc1. The van der Waals surface area contributed by atoms with Crippen molar-refractivity contribution in [2.24, 2.45) is 0 Å². The molecule has 0 unspecified atom stereocenters. The molecule has 132 valence electrons. The number of rotatable bonds is 5. The van der Waals surface area contributed by atoms with E-state index in [4.69, 9.17) is 4.74 Å². The number of hydrogen-bond acceptors (Lipinski definition) is 7. The van der Waals surface area contributed by atoms with E-state index in [0.717, 1.165) is 28.5 Å². The molecule has 0 saturated carbocycles. The first kappa shape index (κ1) is 16.5. The number of imidazole rings is 1. The summed E-state index contributed by atoms with van der Waals surface area (Å²) in [5.41, 5.74) is 3.88. The van der Waals surface area contributed by atoms with Crippen molar-refractivity contribution in [1.29, 1.82) is 0 Å². The Morgan fingerprint density at radius 2 is 1.92 bits per heavy atom. The second-order valence-electron chi connectivity index (χ2n) is 5.80. The van der Waals surface area contributed by atoms with Gasteiger partial charge in [0.05, 0.1) is 18.5 Å². The molecule has 0 amide bonds. The van der Waals surface area contributed by atoms with Crippen LogP contribution >= 0.6 is 11.8 Å². The fraction of sp³-hybridized carbons (Fsp3) is 0.235. The zero-order chi connectivity index (χ0) is 18.1. The fourth-order valence-electron chi connectivity index (χ4n) is 2.68. The molecule has 3 heterocycles. The zero-order valence-corrected chi connectivity index (χ0v) is 15.4. The predicted molar refractivity (Wildman–Crippen MR) is 97.7 cm³/mol. The van der Waals surface area contributed by atoms with E-state index in [0.29, 0.717) is 16.7 Å². The normalized spacial score (nSPS) is 11.2. The van der Waals surface area contributed by atoms with Gasteiger partial charge < -0.3 is 4.74 Å². The molecule has 3 aromatic heterocycles. The van der Waals surface area contributed by atoms with Gasteiger partial charge in [-0.05, 0) is 54.6 Å². The summed E-state index contributed by atoms with van der Waals surface area (Å²) in [5.74, 6) is 2.16. The molecule has 4 aromatic rings. The number of tetrazole rings is 1. The minimum atomic E-state index is 0.651. The first-order valence-corrected chi connectivity index (χ1v) is 9.00. The average molecular weight is 367 g/mol. The Morgan fingerprint density at radius 3 is 2.69 bits per heavy atom. The van der Waals surface area contributed by atoms with Crippen LogP contribution in [0.2, 0.25) is 0 Å². The van der Waals surface area contributed by atoms with Gasteiger partial charge in [0.25, 0.3) is 0 Å². The molecule has 1 aromatic carbocycles. The second kappa shape index (κ2) is 6.75. The number of nitrogens with zero attached hydrogens (tertiary/aromatic N) is 7. The summed E-state index contributed by atoms with van der Waals surface area (Å²) in [7, 11) is 1.64. The Kier molecular flexibility index (Phi) is 4.29. The molecule has 26 heavy (non-hydrogen) atoms. The molecular weight excluding hydrogens is 350 g/mol. The Balaban J connectivity index is 1.55. The van der Waals surface area contributed by atoms with Crippen LogP contribution in [0.3, 0.4) is 0 Å². The number of ether oxygens (including phenoxy) is 1. The van der Waals surface area contributed by atoms with Gasteiger partial charge in [-0.15, -0.1) is 5.10 Å². The second-order valence-corrected chi connectivity index (χ2v) is 6.74. The first-order valence-electron chi connectivity index (χ1n) is 8.02. The Bertz CT molecular complexity index is 1050. The van der Waals surface area contributed by atoms with E-state index >= 15 is 0 Å². The third-order valence-corrected chi connectivity index (χ3v) is 4.87. The number of methoxy groups -OCH3 is 1. The standard InChI is InChI=1S/C17H17N7OS/c1-11-8-12(2)23-9-13(19-16(23)18-11)10-26-17-20-21-22-24(17)14-4-6-15(25-3)7-5-14/h4-9H,10H2,1-3H3. The highest BCUT2D eigenvalue weighted by atomic mass is 32.2. The van der Waals surface area contributed by atoms with E-state index in [-0.39, 0.29) is 0 Å². The van der Waals surface area contributed by atoms with Crippen LogP contribution in [0.5, 0.6) is 5.75 Å². The average Bonchev–Trinajstić information content (AvgIpc) is 3.26. The van der Waals surface area contributed by atoms with E-state index in [1.807, 2.05) is 54.8 Å². The van der Waals surface area contributed by atoms with Crippen molar-refractivity contribution in [3.8, 4) is 11.4 Å². The van der Waals surface area contributed by atoms with Gasteiger partial charge in [-0.3, -0.25) is 4.40 Å². The lowest BCUT2D eigenvalue weighted by Crippen LogP contribution is -1.99. The Labute approximate surface area is 154 Å². The van der Waals surface area contributed by atoms with Gasteiger partial charge in [0.1, 0.15) is 5.75 Å². The van der Waals surface area contributed by atoms with Crippen molar-refractivity contribution in [3.05, 3.63) is 53.6 Å². The van der Waals surface area contributed by atoms with Gasteiger partial charge in [-0.25, -0.2) is 9.97 Å². The van der Waals surface area contributed by atoms with Gasteiger partial charge in [-0.2, -0.15) is 4.68 Å². The van der Waals surface area contributed by atoms with Gasteiger partial charge in [0.2, 0.25) is 10.9 Å². The van der Waals surface area contributed by atoms with E-state index < -0.39 is 0 Å². The Morgan fingerprint density at radius 1 is 1.12 bits per heavy atom. The van der Waals surface area contributed by atoms with Crippen LogP contribution in [-0.4, -0.2) is 41.7 Å². The quantitative estimate of drug-likeness (QED) is 0.501. The van der Waals surface area contributed by atoms with E-state index in [1.54, 1.807) is 11.8 Å². The van der Waals surface area contributed by atoms with Gasteiger partial charge in [0.15, 0.2) is 0 Å². The maximum atomic E-state index is 5.19. The number of aryl methyl sites for hydroxylation is 2. The van der Waals surface area contributed by atoms with E-state index in [2.05, 4.69) is 25.5 Å². The predicted octanol–water partition coefficient (Wildman–Crippen LogP) is 2.62. The number of benzene rings is 1. The fourth-order valence-corrected chi connectivity index (χ4v) is 3.46. The topological polar surface area (TPSA) is 83.0 Å². The maximum absolute atomic E-state index is 5.19. The summed E-state index contributed by atoms with van der Waals surface area (Å²) in [6.45, 7) is 4.02. The zero-order valence-electron chi connectivity index (χ0n) is 14.6. The molecule has 4 rings (SSSR count). The molecule has 8 nitrogen and oxygen atoms in total. The van der Waals surface area contributed by atoms with E-state index in [9.17, 15) is 0 Å². The molecule has 0 spiro atoms. The highest BCUT2D eigenvalue weighted by Gasteiger charge is 2.12.